The molecule has 1 amide bonds. The maximum atomic E-state index is 12.3. The van der Waals surface area contributed by atoms with Crippen LogP contribution in [0.3, 0.4) is 0 Å². The van der Waals surface area contributed by atoms with Gasteiger partial charge in [0.1, 0.15) is 11.6 Å². The SMILES string of the molecule is COC(=O)C[C@@H]1C(=O)NCCN1Cc1cc(=O)oc2cc(C)c(C(C)C)cc12. The molecule has 0 spiro atoms. The summed E-state index contributed by atoms with van der Waals surface area (Å²) >= 11 is 0. The average Bonchev–Trinajstić information content (AvgIpc) is 2.63. The molecule has 150 valence electrons. The van der Waals surface area contributed by atoms with Gasteiger partial charge in [-0.2, -0.15) is 0 Å². The summed E-state index contributed by atoms with van der Waals surface area (Å²) in [5, 5.41) is 3.65. The Morgan fingerprint density at radius 3 is 2.75 bits per heavy atom. The Labute approximate surface area is 163 Å². The van der Waals surface area contributed by atoms with E-state index in [4.69, 9.17) is 9.15 Å². The van der Waals surface area contributed by atoms with Crippen molar-refractivity contribution in [3.05, 3.63) is 45.3 Å². The lowest BCUT2D eigenvalue weighted by Gasteiger charge is -2.34. The van der Waals surface area contributed by atoms with Gasteiger partial charge in [-0.15, -0.1) is 0 Å². The molecule has 0 radical (unpaired) electrons. The number of amides is 1. The molecule has 1 aliphatic rings. The molecule has 28 heavy (non-hydrogen) atoms. The summed E-state index contributed by atoms with van der Waals surface area (Å²) in [5.41, 5.74) is 3.16. The molecule has 3 rings (SSSR count). The van der Waals surface area contributed by atoms with E-state index >= 15 is 0 Å². The van der Waals surface area contributed by atoms with Crippen LogP contribution in [0.25, 0.3) is 11.0 Å². The molecule has 1 aromatic carbocycles. The van der Waals surface area contributed by atoms with Crippen LogP contribution in [-0.4, -0.2) is 43.0 Å². The summed E-state index contributed by atoms with van der Waals surface area (Å²) in [4.78, 5) is 38.1. The van der Waals surface area contributed by atoms with Gasteiger partial charge in [0.05, 0.1) is 13.5 Å². The Morgan fingerprint density at radius 2 is 2.07 bits per heavy atom. The van der Waals surface area contributed by atoms with Crippen molar-refractivity contribution in [3.63, 3.8) is 0 Å². The largest absolute Gasteiger partial charge is 0.469 e. The molecule has 1 aliphatic heterocycles. The van der Waals surface area contributed by atoms with E-state index < -0.39 is 17.6 Å². The number of benzene rings is 1. The highest BCUT2D eigenvalue weighted by Crippen LogP contribution is 2.28. The Morgan fingerprint density at radius 1 is 1.32 bits per heavy atom. The minimum absolute atomic E-state index is 0.0297. The highest BCUT2D eigenvalue weighted by Gasteiger charge is 2.32. The van der Waals surface area contributed by atoms with Crippen LogP contribution in [0.4, 0.5) is 0 Å². The summed E-state index contributed by atoms with van der Waals surface area (Å²) in [7, 11) is 1.30. The van der Waals surface area contributed by atoms with E-state index in [0.29, 0.717) is 31.1 Å². The standard InChI is InChI=1S/C21H26N2O5/c1-12(2)15-9-16-14(8-20(25)28-18(16)7-13(15)3)11-23-6-5-22-21(26)17(23)10-19(24)27-4/h7-9,12,17H,5-6,10-11H2,1-4H3,(H,22,26)/t17-/m1/s1. The van der Waals surface area contributed by atoms with E-state index in [-0.39, 0.29) is 12.3 Å². The minimum Gasteiger partial charge on any atom is -0.469 e. The molecule has 1 saturated heterocycles. The lowest BCUT2D eigenvalue weighted by atomic mass is 9.94. The first-order valence-corrected chi connectivity index (χ1v) is 9.46. The number of methoxy groups -OCH3 is 1. The van der Waals surface area contributed by atoms with Gasteiger partial charge in [0.25, 0.3) is 0 Å². The van der Waals surface area contributed by atoms with Crippen LogP contribution in [0.5, 0.6) is 0 Å². The first-order valence-electron chi connectivity index (χ1n) is 9.46. The van der Waals surface area contributed by atoms with Crippen LogP contribution >= 0.6 is 0 Å². The summed E-state index contributed by atoms with van der Waals surface area (Å²) in [6, 6.07) is 4.81. The number of hydrogen-bond donors (Lipinski definition) is 1. The van der Waals surface area contributed by atoms with Gasteiger partial charge in [0, 0.05) is 31.1 Å². The van der Waals surface area contributed by atoms with E-state index in [1.807, 2.05) is 17.9 Å². The lowest BCUT2D eigenvalue weighted by molar-refractivity contribution is -0.146. The molecule has 0 saturated carbocycles. The van der Waals surface area contributed by atoms with Crippen LogP contribution in [0.2, 0.25) is 0 Å². The van der Waals surface area contributed by atoms with Gasteiger partial charge in [-0.05, 0) is 41.7 Å². The predicted molar refractivity (Wildman–Crippen MR) is 105 cm³/mol. The average molecular weight is 386 g/mol. The molecule has 2 aromatic rings. The molecule has 7 nitrogen and oxygen atoms in total. The fourth-order valence-electron chi connectivity index (χ4n) is 3.78. The third-order valence-corrected chi connectivity index (χ3v) is 5.24. The summed E-state index contributed by atoms with van der Waals surface area (Å²) in [6.45, 7) is 7.69. The minimum atomic E-state index is -0.626. The number of nitrogens with zero attached hydrogens (tertiary/aromatic N) is 1. The van der Waals surface area contributed by atoms with Crippen molar-refractivity contribution < 1.29 is 18.7 Å². The van der Waals surface area contributed by atoms with Gasteiger partial charge in [-0.25, -0.2) is 4.79 Å². The van der Waals surface area contributed by atoms with Crippen LogP contribution in [0.15, 0.2) is 27.4 Å². The van der Waals surface area contributed by atoms with Crippen molar-refractivity contribution >= 4 is 22.8 Å². The third-order valence-electron chi connectivity index (χ3n) is 5.24. The molecule has 0 bridgehead atoms. The number of fused-ring (bicyclic) bond motifs is 1. The van der Waals surface area contributed by atoms with Crippen LogP contribution < -0.4 is 10.9 Å². The van der Waals surface area contributed by atoms with E-state index in [9.17, 15) is 14.4 Å². The quantitative estimate of drug-likeness (QED) is 0.625. The zero-order chi connectivity index (χ0) is 20.4. The molecule has 1 atom stereocenters. The smallest absolute Gasteiger partial charge is 0.336 e. The molecule has 0 aliphatic carbocycles. The first-order chi connectivity index (χ1) is 13.3. The normalized spacial score (nSPS) is 17.8. The van der Waals surface area contributed by atoms with Crippen LogP contribution in [0, 0.1) is 6.92 Å². The van der Waals surface area contributed by atoms with E-state index in [0.717, 1.165) is 16.5 Å². The monoisotopic (exact) mass is 386 g/mol. The predicted octanol–water partition coefficient (Wildman–Crippen LogP) is 2.09. The van der Waals surface area contributed by atoms with Gasteiger partial charge in [-0.1, -0.05) is 13.8 Å². The van der Waals surface area contributed by atoms with Crippen molar-refractivity contribution in [3.8, 4) is 0 Å². The Hall–Kier alpha value is -2.67. The Kier molecular flexibility index (Phi) is 5.84. The third kappa shape index (κ3) is 4.09. The number of carbonyl (C=O) groups excluding carboxylic acids is 2. The topological polar surface area (TPSA) is 88.9 Å². The fourth-order valence-corrected chi connectivity index (χ4v) is 3.78. The molecule has 0 unspecified atom stereocenters. The van der Waals surface area contributed by atoms with Crippen molar-refractivity contribution in [2.45, 2.75) is 45.7 Å². The summed E-state index contributed by atoms with van der Waals surface area (Å²) in [6.07, 6.45) is -0.0297. The summed E-state index contributed by atoms with van der Waals surface area (Å²) in [5.74, 6) is -0.318. The van der Waals surface area contributed by atoms with Gasteiger partial charge < -0.3 is 14.5 Å². The van der Waals surface area contributed by atoms with Crippen LogP contribution in [-0.2, 0) is 20.9 Å². The first kappa shape index (κ1) is 20.1. The van der Waals surface area contributed by atoms with Crippen LogP contribution in [0.1, 0.15) is 42.9 Å². The fraction of sp³-hybridized carbons (Fsp3) is 0.476. The summed E-state index contributed by atoms with van der Waals surface area (Å²) < 4.78 is 10.1. The molecule has 1 aromatic heterocycles. The number of hydrogen-bond acceptors (Lipinski definition) is 6. The number of carbonyl (C=O) groups is 2. The van der Waals surface area contributed by atoms with Gasteiger partial charge in [0.2, 0.25) is 5.91 Å². The highest BCUT2D eigenvalue weighted by molar-refractivity contribution is 5.87. The van der Waals surface area contributed by atoms with Crippen molar-refractivity contribution in [1.29, 1.82) is 0 Å². The van der Waals surface area contributed by atoms with Gasteiger partial charge >= 0.3 is 11.6 Å². The molecule has 7 heteroatoms. The van der Waals surface area contributed by atoms with E-state index in [1.54, 1.807) is 0 Å². The highest BCUT2D eigenvalue weighted by atomic mass is 16.5. The number of piperazine rings is 1. The number of esters is 1. The maximum absolute atomic E-state index is 12.3. The second kappa shape index (κ2) is 8.14. The second-order valence-corrected chi connectivity index (χ2v) is 7.51. The van der Waals surface area contributed by atoms with E-state index in [1.165, 1.54) is 18.7 Å². The zero-order valence-electron chi connectivity index (χ0n) is 16.7. The lowest BCUT2D eigenvalue weighted by Crippen LogP contribution is -2.55. The molecular weight excluding hydrogens is 360 g/mol. The van der Waals surface area contributed by atoms with Gasteiger partial charge in [0.15, 0.2) is 0 Å². The zero-order valence-corrected chi connectivity index (χ0v) is 16.7. The maximum Gasteiger partial charge on any atom is 0.336 e. The Bertz CT molecular complexity index is 963. The second-order valence-electron chi connectivity index (χ2n) is 7.51. The molecule has 1 fully saturated rings. The molecule has 2 heterocycles. The van der Waals surface area contributed by atoms with Crippen molar-refractivity contribution in [2.75, 3.05) is 20.2 Å². The number of ether oxygens (including phenoxy) is 1. The molecule has 1 N–H and O–H groups in total. The number of aryl methyl sites for hydroxylation is 1. The number of rotatable bonds is 5. The van der Waals surface area contributed by atoms with Crippen molar-refractivity contribution in [1.82, 2.24) is 10.2 Å². The van der Waals surface area contributed by atoms with Gasteiger partial charge in [-0.3, -0.25) is 14.5 Å². The van der Waals surface area contributed by atoms with E-state index in [2.05, 4.69) is 25.2 Å². The molecular formula is C21H26N2O5. The number of nitrogens with one attached hydrogen (secondary N) is 1. The Balaban J connectivity index is 2.02. The van der Waals surface area contributed by atoms with Crippen molar-refractivity contribution in [2.24, 2.45) is 0 Å².